The summed E-state index contributed by atoms with van der Waals surface area (Å²) in [5.74, 6) is 0. The second kappa shape index (κ2) is 4.86. The molecule has 3 heteroatoms. The molecule has 2 nitrogen and oxygen atoms in total. The number of benzene rings is 1. The van der Waals surface area contributed by atoms with Crippen molar-refractivity contribution in [2.24, 2.45) is 0 Å². The van der Waals surface area contributed by atoms with E-state index in [0.29, 0.717) is 6.04 Å². The van der Waals surface area contributed by atoms with E-state index in [1.54, 1.807) is 0 Å². The summed E-state index contributed by atoms with van der Waals surface area (Å²) >= 11 is 6.18. The van der Waals surface area contributed by atoms with Crippen molar-refractivity contribution in [1.82, 2.24) is 5.32 Å². The smallest absolute Gasteiger partial charge is 0.0639 e. The van der Waals surface area contributed by atoms with Gasteiger partial charge in [-0.3, -0.25) is 0 Å². The average molecular weight is 225 g/mol. The van der Waals surface area contributed by atoms with Crippen LogP contribution in [0.15, 0.2) is 24.3 Å². The first-order chi connectivity index (χ1) is 7.29. The van der Waals surface area contributed by atoms with Gasteiger partial charge in [0.2, 0.25) is 0 Å². The maximum Gasteiger partial charge on any atom is 0.0639 e. The van der Waals surface area contributed by atoms with Crippen LogP contribution in [0.25, 0.3) is 0 Å². The van der Waals surface area contributed by atoms with Crippen LogP contribution in [0.2, 0.25) is 5.02 Å². The molecule has 1 saturated heterocycles. The highest BCUT2D eigenvalue weighted by Gasteiger charge is 2.19. The minimum absolute atomic E-state index is 0.617. The van der Waals surface area contributed by atoms with Gasteiger partial charge < -0.3 is 10.2 Å². The van der Waals surface area contributed by atoms with Crippen molar-refractivity contribution in [3.63, 3.8) is 0 Å². The third kappa shape index (κ3) is 2.44. The highest BCUT2D eigenvalue weighted by molar-refractivity contribution is 6.33. The normalized spacial score (nSPS) is 17.7. The summed E-state index contributed by atoms with van der Waals surface area (Å²) < 4.78 is 0. The van der Waals surface area contributed by atoms with Gasteiger partial charge in [-0.15, -0.1) is 0 Å². The number of hydrogen-bond acceptors (Lipinski definition) is 2. The quantitative estimate of drug-likeness (QED) is 0.831. The fourth-order valence-electron chi connectivity index (χ4n) is 2.13. The Balaban J connectivity index is 2.12. The zero-order valence-electron chi connectivity index (χ0n) is 9.04. The Kier molecular flexibility index (Phi) is 3.49. The van der Waals surface area contributed by atoms with Crippen LogP contribution in [-0.4, -0.2) is 26.2 Å². The van der Waals surface area contributed by atoms with E-state index in [0.717, 1.165) is 23.8 Å². The van der Waals surface area contributed by atoms with Crippen molar-refractivity contribution in [3.05, 3.63) is 29.3 Å². The van der Waals surface area contributed by atoms with Gasteiger partial charge in [0.1, 0.15) is 0 Å². The van der Waals surface area contributed by atoms with E-state index < -0.39 is 0 Å². The summed E-state index contributed by atoms with van der Waals surface area (Å²) in [6.45, 7) is 2.22. The van der Waals surface area contributed by atoms with E-state index >= 15 is 0 Å². The first-order valence-corrected chi connectivity index (χ1v) is 5.85. The van der Waals surface area contributed by atoms with Crippen LogP contribution in [0.5, 0.6) is 0 Å². The summed E-state index contributed by atoms with van der Waals surface area (Å²) in [6.07, 6.45) is 2.39. The number of anilines is 1. The lowest BCUT2D eigenvalue weighted by Crippen LogP contribution is -2.41. The summed E-state index contributed by atoms with van der Waals surface area (Å²) in [5.41, 5.74) is 1.14. The molecule has 0 radical (unpaired) electrons. The fraction of sp³-hybridized carbons (Fsp3) is 0.500. The molecule has 0 amide bonds. The lowest BCUT2D eigenvalue weighted by Gasteiger charge is -2.33. The number of nitrogens with one attached hydrogen (secondary N) is 1. The number of nitrogens with zero attached hydrogens (tertiary/aromatic N) is 1. The zero-order chi connectivity index (χ0) is 10.7. The van der Waals surface area contributed by atoms with Gasteiger partial charge in [-0.2, -0.15) is 0 Å². The topological polar surface area (TPSA) is 15.3 Å². The van der Waals surface area contributed by atoms with Crippen LogP contribution < -0.4 is 10.2 Å². The lowest BCUT2D eigenvalue weighted by atomic mass is 10.0. The van der Waals surface area contributed by atoms with Crippen molar-refractivity contribution < 1.29 is 0 Å². The Hall–Kier alpha value is -0.730. The first-order valence-electron chi connectivity index (χ1n) is 5.47. The molecule has 1 aliphatic heterocycles. The molecule has 0 atom stereocenters. The molecule has 1 N–H and O–H groups in total. The van der Waals surface area contributed by atoms with Crippen LogP contribution in [0.4, 0.5) is 5.69 Å². The molecule has 0 unspecified atom stereocenters. The van der Waals surface area contributed by atoms with Crippen LogP contribution in [-0.2, 0) is 0 Å². The van der Waals surface area contributed by atoms with Crippen molar-refractivity contribution in [2.75, 3.05) is 25.0 Å². The molecule has 0 saturated carbocycles. The van der Waals surface area contributed by atoms with Gasteiger partial charge in [0.25, 0.3) is 0 Å². The molecule has 0 bridgehead atoms. The Morgan fingerprint density at radius 1 is 1.27 bits per heavy atom. The summed E-state index contributed by atoms with van der Waals surface area (Å²) in [7, 11) is 2.14. The van der Waals surface area contributed by atoms with Gasteiger partial charge >= 0.3 is 0 Å². The third-order valence-electron chi connectivity index (χ3n) is 3.09. The standard InChI is InChI=1S/C12H17ClN2/c1-15(10-6-8-14-9-7-10)12-5-3-2-4-11(12)13/h2-5,10,14H,6-9H2,1H3. The Labute approximate surface area is 96.2 Å². The minimum atomic E-state index is 0.617. The molecule has 0 spiro atoms. The molecule has 0 aromatic heterocycles. The zero-order valence-corrected chi connectivity index (χ0v) is 9.80. The second-order valence-electron chi connectivity index (χ2n) is 4.04. The number of rotatable bonds is 2. The van der Waals surface area contributed by atoms with Gasteiger partial charge in [-0.25, -0.2) is 0 Å². The van der Waals surface area contributed by atoms with Gasteiger partial charge in [0, 0.05) is 13.1 Å². The molecule has 0 aliphatic carbocycles. The van der Waals surface area contributed by atoms with Crippen molar-refractivity contribution in [2.45, 2.75) is 18.9 Å². The van der Waals surface area contributed by atoms with Gasteiger partial charge in [-0.1, -0.05) is 23.7 Å². The molecule has 1 aromatic carbocycles. The van der Waals surface area contributed by atoms with E-state index in [4.69, 9.17) is 11.6 Å². The van der Waals surface area contributed by atoms with Crippen molar-refractivity contribution in [1.29, 1.82) is 0 Å². The Bertz CT molecular complexity index is 321. The summed E-state index contributed by atoms with van der Waals surface area (Å²) in [4.78, 5) is 2.31. The molecule has 2 rings (SSSR count). The largest absolute Gasteiger partial charge is 0.370 e. The molecule has 15 heavy (non-hydrogen) atoms. The van der Waals surface area contributed by atoms with Gasteiger partial charge in [0.05, 0.1) is 10.7 Å². The minimum Gasteiger partial charge on any atom is -0.370 e. The van der Waals surface area contributed by atoms with Crippen molar-refractivity contribution >= 4 is 17.3 Å². The maximum atomic E-state index is 6.18. The summed E-state index contributed by atoms with van der Waals surface area (Å²) in [6, 6.07) is 8.67. The fourth-order valence-corrected chi connectivity index (χ4v) is 2.40. The van der Waals surface area contributed by atoms with Crippen LogP contribution >= 0.6 is 11.6 Å². The monoisotopic (exact) mass is 224 g/mol. The average Bonchev–Trinajstić information content (AvgIpc) is 2.30. The number of hydrogen-bond donors (Lipinski definition) is 1. The van der Waals surface area contributed by atoms with Gasteiger partial charge in [0.15, 0.2) is 0 Å². The van der Waals surface area contributed by atoms with E-state index in [2.05, 4.69) is 23.3 Å². The highest BCUT2D eigenvalue weighted by atomic mass is 35.5. The maximum absolute atomic E-state index is 6.18. The SMILES string of the molecule is CN(c1ccccc1Cl)C1CCNCC1. The molecule has 1 heterocycles. The Morgan fingerprint density at radius 3 is 2.60 bits per heavy atom. The van der Waals surface area contributed by atoms with E-state index in [9.17, 15) is 0 Å². The number of para-hydroxylation sites is 1. The second-order valence-corrected chi connectivity index (χ2v) is 4.45. The van der Waals surface area contributed by atoms with Crippen LogP contribution in [0, 0.1) is 0 Å². The number of halogens is 1. The highest BCUT2D eigenvalue weighted by Crippen LogP contribution is 2.27. The van der Waals surface area contributed by atoms with E-state index in [1.165, 1.54) is 12.8 Å². The first kappa shape index (κ1) is 10.8. The summed E-state index contributed by atoms with van der Waals surface area (Å²) in [5, 5.41) is 4.22. The Morgan fingerprint density at radius 2 is 1.93 bits per heavy atom. The van der Waals surface area contributed by atoms with Crippen LogP contribution in [0.3, 0.4) is 0 Å². The molecule has 1 aliphatic rings. The molecule has 1 aromatic rings. The van der Waals surface area contributed by atoms with E-state index in [-0.39, 0.29) is 0 Å². The van der Waals surface area contributed by atoms with E-state index in [1.807, 2.05) is 18.2 Å². The molecule has 82 valence electrons. The number of piperidine rings is 1. The molecular formula is C12H17ClN2. The predicted octanol–water partition coefficient (Wildman–Crippen LogP) is 2.53. The van der Waals surface area contributed by atoms with Crippen LogP contribution in [0.1, 0.15) is 12.8 Å². The third-order valence-corrected chi connectivity index (χ3v) is 3.41. The lowest BCUT2D eigenvalue weighted by molar-refractivity contribution is 0.443. The predicted molar refractivity (Wildman–Crippen MR) is 65.7 cm³/mol. The molecular weight excluding hydrogens is 208 g/mol. The van der Waals surface area contributed by atoms with Gasteiger partial charge in [-0.05, 0) is 38.1 Å². The van der Waals surface area contributed by atoms with Crippen molar-refractivity contribution in [3.8, 4) is 0 Å². The molecule has 1 fully saturated rings.